The minimum Gasteiger partial charge on any atom is -0.379 e. The molecule has 446 valence electrons. The lowest BCUT2D eigenvalue weighted by molar-refractivity contribution is -0.190. The molecule has 7 fully saturated rings. The van der Waals surface area contributed by atoms with Crippen LogP contribution in [0.15, 0.2) is 24.3 Å². The van der Waals surface area contributed by atoms with Gasteiger partial charge in [-0.05, 0) is 215 Å². The molecule has 8 aliphatic heterocycles. The maximum atomic E-state index is 5.69. The Morgan fingerprint density at radius 2 is 0.763 bits per heavy atom. The van der Waals surface area contributed by atoms with E-state index >= 15 is 0 Å². The van der Waals surface area contributed by atoms with Crippen LogP contribution in [0, 0.1) is 0 Å². The molecule has 1 spiro atoms. The van der Waals surface area contributed by atoms with Gasteiger partial charge in [0, 0.05) is 141 Å². The van der Waals surface area contributed by atoms with Gasteiger partial charge in [0.15, 0.2) is 5.79 Å². The van der Waals surface area contributed by atoms with E-state index in [0.717, 1.165) is 78.5 Å². The Labute approximate surface area is 476 Å². The van der Waals surface area contributed by atoms with Crippen molar-refractivity contribution in [3.63, 3.8) is 0 Å². The Hall–Kier alpha value is -1.03. The van der Waals surface area contributed by atoms with Gasteiger partial charge in [0.2, 0.25) is 0 Å². The van der Waals surface area contributed by atoms with Crippen LogP contribution in [0.25, 0.3) is 0 Å². The monoisotopic (exact) mass is 1090 g/mol. The molecule has 0 aliphatic carbocycles. The van der Waals surface area contributed by atoms with E-state index in [4.69, 9.17) is 14.2 Å². The van der Waals surface area contributed by atoms with Crippen molar-refractivity contribution in [2.75, 3.05) is 141 Å². The largest absolute Gasteiger partial charge is 0.379 e. The number of hydrogen-bond acceptors (Lipinski definition) is 12. The van der Waals surface area contributed by atoms with E-state index in [9.17, 15) is 0 Å². The SMILES string of the molecule is CC(C)(C)N1CCC2(CC1)OCCO2.CC(C)(C)N1CCCC1.CC(C)(C)N1CCCCC1.CC(C)(C)N1CCNCC1.CC(C)(C)N1CCOCC1.CC(C)(C)N1CCSCC1.CC(C)(C)N1CCc2ccccc21. The van der Waals surface area contributed by atoms with E-state index in [0.29, 0.717) is 27.7 Å². The number of rotatable bonds is 0. The van der Waals surface area contributed by atoms with E-state index in [2.05, 4.69) is 221 Å². The average molecular weight is 1090 g/mol. The zero-order valence-corrected chi connectivity index (χ0v) is 54.9. The molecule has 7 saturated heterocycles. The van der Waals surface area contributed by atoms with Crippen molar-refractivity contribution in [1.29, 1.82) is 0 Å². The summed E-state index contributed by atoms with van der Waals surface area (Å²) in [7, 11) is 0. The topological polar surface area (TPSA) is 62.4 Å². The first-order chi connectivity index (χ1) is 35.1. The van der Waals surface area contributed by atoms with Crippen molar-refractivity contribution in [1.82, 2.24) is 34.7 Å². The minimum absolute atomic E-state index is 0.220. The average Bonchev–Trinajstić information content (AvgIpc) is 4.16. The molecule has 0 saturated carbocycles. The van der Waals surface area contributed by atoms with Gasteiger partial charge in [-0.25, -0.2) is 0 Å². The highest BCUT2D eigenvalue weighted by Gasteiger charge is 2.41. The van der Waals surface area contributed by atoms with Crippen LogP contribution in [0.3, 0.4) is 0 Å². The summed E-state index contributed by atoms with van der Waals surface area (Å²) in [6.07, 6.45) is 10.3. The number of ether oxygens (including phenoxy) is 3. The zero-order valence-electron chi connectivity index (χ0n) is 54.1. The van der Waals surface area contributed by atoms with Crippen molar-refractivity contribution < 1.29 is 14.2 Å². The van der Waals surface area contributed by atoms with E-state index in [1.54, 1.807) is 0 Å². The number of likely N-dealkylation sites (tertiary alicyclic amines) is 3. The molecule has 0 unspecified atom stereocenters. The third-order valence-corrected chi connectivity index (χ3v) is 17.3. The quantitative estimate of drug-likeness (QED) is 0.269. The zero-order chi connectivity index (χ0) is 57.1. The number of thioether (sulfide) groups is 1. The van der Waals surface area contributed by atoms with Gasteiger partial charge in [-0.1, -0.05) is 24.6 Å². The molecule has 1 aromatic rings. The Bertz CT molecular complexity index is 1560. The lowest BCUT2D eigenvalue weighted by Gasteiger charge is -2.43. The van der Waals surface area contributed by atoms with Crippen LogP contribution in [0.5, 0.6) is 0 Å². The van der Waals surface area contributed by atoms with E-state index < -0.39 is 0 Å². The highest BCUT2D eigenvalue weighted by molar-refractivity contribution is 7.99. The van der Waals surface area contributed by atoms with Crippen LogP contribution < -0.4 is 10.2 Å². The fourth-order valence-corrected chi connectivity index (χ4v) is 12.0. The summed E-state index contributed by atoms with van der Waals surface area (Å²) in [5.41, 5.74) is 5.35. The molecule has 0 amide bonds. The van der Waals surface area contributed by atoms with Gasteiger partial charge < -0.3 is 24.4 Å². The summed E-state index contributed by atoms with van der Waals surface area (Å²) in [5, 5.41) is 3.35. The molecule has 8 heterocycles. The number of piperidine rings is 2. The summed E-state index contributed by atoms with van der Waals surface area (Å²) >= 11 is 2.07. The highest BCUT2D eigenvalue weighted by Crippen LogP contribution is 2.35. The van der Waals surface area contributed by atoms with Crippen LogP contribution in [0.4, 0.5) is 5.69 Å². The van der Waals surface area contributed by atoms with Crippen LogP contribution in [-0.4, -0.2) is 210 Å². The van der Waals surface area contributed by atoms with Crippen molar-refractivity contribution in [3.8, 4) is 0 Å². The van der Waals surface area contributed by atoms with Gasteiger partial charge in [-0.2, -0.15) is 11.8 Å². The predicted molar refractivity (Wildman–Crippen MR) is 333 cm³/mol. The Morgan fingerprint density at radius 3 is 1.13 bits per heavy atom. The predicted octanol–water partition coefficient (Wildman–Crippen LogP) is 12.3. The molecular formula is C64H126N8O3S. The lowest BCUT2D eigenvalue weighted by atomic mass is 9.97. The first kappa shape index (κ1) is 69.2. The van der Waals surface area contributed by atoms with Crippen molar-refractivity contribution in [2.45, 2.75) is 241 Å². The molecule has 0 aromatic heterocycles. The number of nitrogens with zero attached hydrogens (tertiary/aromatic N) is 7. The fourth-order valence-electron chi connectivity index (χ4n) is 11.1. The minimum atomic E-state index is -0.220. The number of benzene rings is 1. The van der Waals surface area contributed by atoms with E-state index in [1.165, 1.54) is 120 Å². The second-order valence-electron chi connectivity index (χ2n) is 29.5. The van der Waals surface area contributed by atoms with Gasteiger partial charge in [-0.15, -0.1) is 0 Å². The van der Waals surface area contributed by atoms with Crippen LogP contribution in [0.1, 0.15) is 196 Å². The first-order valence-electron chi connectivity index (χ1n) is 30.6. The number of para-hydroxylation sites is 1. The number of anilines is 1. The Kier molecular flexibility index (Phi) is 28.6. The molecule has 0 radical (unpaired) electrons. The van der Waals surface area contributed by atoms with Crippen molar-refractivity contribution >= 4 is 17.4 Å². The number of nitrogens with one attached hydrogen (secondary N) is 1. The molecule has 76 heavy (non-hydrogen) atoms. The van der Waals surface area contributed by atoms with Crippen molar-refractivity contribution in [2.24, 2.45) is 0 Å². The standard InChI is InChI=1S/C12H17N.C11H21NO2.C9H19N.C8H18N2.C8H17NO.C8H17NS.C8H17N/c1-12(2,3)13-9-8-10-6-4-5-7-11(10)13;1-10(2,3)12-6-4-11(5-7-12)13-8-9-14-11;1-9(2,3)10-7-5-4-6-8-10;1-8(2,3)10-6-4-9-5-7-10;2*1-8(2,3)9-4-6-10-7-5-9;1-8(2,3)9-6-4-5-7-9/h4-7H,8-9H2,1-3H3;4-9H2,1-3H3;4-8H2,1-3H3;9H,4-7H2,1-3H3;2*4-7H2,1-3H3;4-7H2,1-3H3. The number of hydrogen-bond donors (Lipinski definition) is 1. The molecule has 8 aliphatic rings. The summed E-state index contributed by atoms with van der Waals surface area (Å²) in [4.78, 5) is 17.7. The highest BCUT2D eigenvalue weighted by atomic mass is 32.2. The van der Waals surface area contributed by atoms with Crippen LogP contribution >= 0.6 is 11.8 Å². The molecule has 0 bridgehead atoms. The van der Waals surface area contributed by atoms with Gasteiger partial charge in [-0.3, -0.25) is 29.4 Å². The van der Waals surface area contributed by atoms with E-state index in [-0.39, 0.29) is 16.9 Å². The molecule has 0 atom stereocenters. The third kappa shape index (κ3) is 25.8. The maximum Gasteiger partial charge on any atom is 0.170 e. The molecule has 1 N–H and O–H groups in total. The fraction of sp³-hybridized carbons (Fsp3) is 0.906. The van der Waals surface area contributed by atoms with Crippen molar-refractivity contribution in [3.05, 3.63) is 29.8 Å². The Morgan fingerprint density at radius 1 is 0.395 bits per heavy atom. The molecule has 12 heteroatoms. The van der Waals surface area contributed by atoms with Gasteiger partial charge in [0.1, 0.15) is 0 Å². The maximum absolute atomic E-state index is 5.69. The van der Waals surface area contributed by atoms with Crippen LogP contribution in [-0.2, 0) is 20.6 Å². The van der Waals surface area contributed by atoms with Gasteiger partial charge >= 0.3 is 0 Å². The Balaban J connectivity index is 0.000000235. The first-order valence-corrected chi connectivity index (χ1v) is 31.8. The van der Waals surface area contributed by atoms with Gasteiger partial charge in [0.05, 0.1) is 26.4 Å². The lowest BCUT2D eigenvalue weighted by Crippen LogP contribution is -2.51. The third-order valence-electron chi connectivity index (χ3n) is 16.3. The summed E-state index contributed by atoms with van der Waals surface area (Å²) in [6.45, 7) is 69.2. The number of fused-ring (bicyclic) bond motifs is 1. The van der Waals surface area contributed by atoms with E-state index in [1.807, 2.05) is 0 Å². The second-order valence-corrected chi connectivity index (χ2v) is 30.7. The molecular weight excluding hydrogens is 961 g/mol. The number of piperazine rings is 1. The second kappa shape index (κ2) is 31.4. The summed E-state index contributed by atoms with van der Waals surface area (Å²) in [6, 6.07) is 8.72. The summed E-state index contributed by atoms with van der Waals surface area (Å²) in [5.74, 6) is 2.41. The molecule has 9 rings (SSSR count). The molecule has 1 aromatic carbocycles. The van der Waals surface area contributed by atoms with Gasteiger partial charge in [0.25, 0.3) is 0 Å². The number of morpholine rings is 1. The normalized spacial score (nSPS) is 22.9. The molecule has 11 nitrogen and oxygen atoms in total. The smallest absolute Gasteiger partial charge is 0.170 e. The summed E-state index contributed by atoms with van der Waals surface area (Å²) < 4.78 is 16.6. The van der Waals surface area contributed by atoms with Crippen LogP contribution in [0.2, 0.25) is 0 Å².